The maximum atomic E-state index is 11.5. The molecule has 0 N–H and O–H groups in total. The van der Waals surface area contributed by atoms with Crippen LogP contribution in [0.15, 0.2) is 0 Å². The summed E-state index contributed by atoms with van der Waals surface area (Å²) < 4.78 is 20.9. The van der Waals surface area contributed by atoms with Crippen molar-refractivity contribution in [2.45, 2.75) is 90.9 Å². The van der Waals surface area contributed by atoms with Crippen molar-refractivity contribution in [3.05, 3.63) is 0 Å². The van der Waals surface area contributed by atoms with Gasteiger partial charge in [-0.2, -0.15) is 0 Å². The van der Waals surface area contributed by atoms with Gasteiger partial charge in [0.25, 0.3) is 0 Å². The van der Waals surface area contributed by atoms with Crippen LogP contribution in [-0.2, 0) is 28.5 Å². The molecule has 0 amide bonds. The first-order chi connectivity index (χ1) is 13.7. The Kier molecular flexibility index (Phi) is 21.3. The lowest BCUT2D eigenvalue weighted by atomic mass is 10.1. The fraction of sp³-hybridized carbons (Fsp3) is 0.909. The van der Waals surface area contributed by atoms with Crippen LogP contribution in [0.3, 0.4) is 0 Å². The molecule has 0 spiro atoms. The third-order valence-corrected chi connectivity index (χ3v) is 4.32. The van der Waals surface area contributed by atoms with Crippen molar-refractivity contribution in [1.82, 2.24) is 0 Å². The SMILES string of the molecule is CCCCCCCC(=O)OCCOCCOCCOC(=O)CCCCCCC. The van der Waals surface area contributed by atoms with E-state index in [2.05, 4.69) is 13.8 Å². The topological polar surface area (TPSA) is 71.1 Å². The second-order valence-electron chi connectivity index (χ2n) is 6.99. The molecule has 6 heteroatoms. The molecule has 0 aliphatic rings. The first kappa shape index (κ1) is 26.9. The van der Waals surface area contributed by atoms with Crippen molar-refractivity contribution in [1.29, 1.82) is 0 Å². The van der Waals surface area contributed by atoms with E-state index in [9.17, 15) is 9.59 Å². The van der Waals surface area contributed by atoms with E-state index in [4.69, 9.17) is 18.9 Å². The van der Waals surface area contributed by atoms with Crippen LogP contribution < -0.4 is 0 Å². The standard InChI is InChI=1S/C22H42O6/c1-3-5-7-9-11-13-21(23)27-19-17-25-15-16-26-18-20-28-22(24)14-12-10-8-6-4-2/h3-20H2,1-2H3. The minimum Gasteiger partial charge on any atom is -0.463 e. The molecule has 0 aromatic carbocycles. The van der Waals surface area contributed by atoms with Crippen LogP contribution in [0.2, 0.25) is 0 Å². The maximum absolute atomic E-state index is 11.5. The molecule has 0 heterocycles. The molecule has 0 bridgehead atoms. The highest BCUT2D eigenvalue weighted by Gasteiger charge is 2.03. The molecule has 0 saturated heterocycles. The molecule has 0 aromatic rings. The Balaban J connectivity index is 3.22. The highest BCUT2D eigenvalue weighted by atomic mass is 16.6. The number of hydrogen-bond donors (Lipinski definition) is 0. The van der Waals surface area contributed by atoms with Crippen LogP contribution in [0.25, 0.3) is 0 Å². The minimum absolute atomic E-state index is 0.150. The number of esters is 2. The molecule has 0 fully saturated rings. The molecule has 0 saturated carbocycles. The van der Waals surface area contributed by atoms with Gasteiger partial charge in [-0.15, -0.1) is 0 Å². The van der Waals surface area contributed by atoms with E-state index in [1.54, 1.807) is 0 Å². The average Bonchev–Trinajstić information content (AvgIpc) is 2.69. The molecule has 0 atom stereocenters. The van der Waals surface area contributed by atoms with Gasteiger partial charge in [0, 0.05) is 12.8 Å². The summed E-state index contributed by atoms with van der Waals surface area (Å²) in [4.78, 5) is 23.0. The van der Waals surface area contributed by atoms with Crippen molar-refractivity contribution in [2.24, 2.45) is 0 Å². The van der Waals surface area contributed by atoms with Crippen molar-refractivity contribution in [2.75, 3.05) is 39.6 Å². The molecular weight excluding hydrogens is 360 g/mol. The fourth-order valence-corrected chi connectivity index (χ4v) is 2.64. The van der Waals surface area contributed by atoms with Gasteiger partial charge in [0.15, 0.2) is 0 Å². The Bertz CT molecular complexity index is 325. The summed E-state index contributed by atoms with van der Waals surface area (Å²) in [5.74, 6) is -0.299. The summed E-state index contributed by atoms with van der Waals surface area (Å²) in [6, 6.07) is 0. The predicted molar refractivity (Wildman–Crippen MR) is 110 cm³/mol. The predicted octanol–water partition coefficient (Wildman–Crippen LogP) is 4.83. The molecule has 6 nitrogen and oxygen atoms in total. The van der Waals surface area contributed by atoms with Gasteiger partial charge < -0.3 is 18.9 Å². The summed E-state index contributed by atoms with van der Waals surface area (Å²) in [6.45, 7) is 6.51. The Hall–Kier alpha value is -1.14. The number of carbonyl (C=O) groups is 2. The van der Waals surface area contributed by atoms with E-state index in [0.29, 0.717) is 39.3 Å². The van der Waals surface area contributed by atoms with Gasteiger partial charge in [-0.05, 0) is 12.8 Å². The van der Waals surface area contributed by atoms with Gasteiger partial charge in [-0.1, -0.05) is 65.2 Å². The van der Waals surface area contributed by atoms with Crippen molar-refractivity contribution in [3.8, 4) is 0 Å². The van der Waals surface area contributed by atoms with Crippen molar-refractivity contribution in [3.63, 3.8) is 0 Å². The summed E-state index contributed by atoms with van der Waals surface area (Å²) >= 11 is 0. The molecule has 0 radical (unpaired) electrons. The van der Waals surface area contributed by atoms with Gasteiger partial charge in [0.1, 0.15) is 13.2 Å². The fourth-order valence-electron chi connectivity index (χ4n) is 2.64. The lowest BCUT2D eigenvalue weighted by Crippen LogP contribution is -2.15. The second-order valence-corrected chi connectivity index (χ2v) is 6.99. The highest BCUT2D eigenvalue weighted by Crippen LogP contribution is 2.06. The number of unbranched alkanes of at least 4 members (excludes halogenated alkanes) is 8. The lowest BCUT2D eigenvalue weighted by molar-refractivity contribution is -0.147. The van der Waals surface area contributed by atoms with Crippen LogP contribution in [0.5, 0.6) is 0 Å². The molecule has 0 rings (SSSR count). The Morgan fingerprint density at radius 1 is 0.500 bits per heavy atom. The number of hydrogen-bond acceptors (Lipinski definition) is 6. The minimum atomic E-state index is -0.150. The summed E-state index contributed by atoms with van der Waals surface area (Å²) in [5, 5.41) is 0. The number of carbonyl (C=O) groups excluding carboxylic acids is 2. The Labute approximate surface area is 171 Å². The highest BCUT2D eigenvalue weighted by molar-refractivity contribution is 5.69. The van der Waals surface area contributed by atoms with Gasteiger partial charge >= 0.3 is 11.9 Å². The zero-order valence-electron chi connectivity index (χ0n) is 18.2. The lowest BCUT2D eigenvalue weighted by Gasteiger charge is -2.08. The van der Waals surface area contributed by atoms with E-state index in [0.717, 1.165) is 25.7 Å². The third-order valence-electron chi connectivity index (χ3n) is 4.32. The zero-order chi connectivity index (χ0) is 20.7. The molecule has 0 aliphatic carbocycles. The van der Waals surface area contributed by atoms with E-state index in [-0.39, 0.29) is 25.2 Å². The molecule has 0 unspecified atom stereocenters. The first-order valence-corrected chi connectivity index (χ1v) is 11.2. The summed E-state index contributed by atoms with van der Waals surface area (Å²) in [6.07, 6.45) is 12.2. The van der Waals surface area contributed by atoms with E-state index in [1.165, 1.54) is 38.5 Å². The smallest absolute Gasteiger partial charge is 0.305 e. The molecule has 28 heavy (non-hydrogen) atoms. The monoisotopic (exact) mass is 402 g/mol. The van der Waals surface area contributed by atoms with E-state index in [1.807, 2.05) is 0 Å². The molecule has 166 valence electrons. The first-order valence-electron chi connectivity index (χ1n) is 11.2. The maximum Gasteiger partial charge on any atom is 0.305 e. The van der Waals surface area contributed by atoms with E-state index >= 15 is 0 Å². The van der Waals surface area contributed by atoms with Gasteiger partial charge in [0.2, 0.25) is 0 Å². The average molecular weight is 403 g/mol. The number of ether oxygens (including phenoxy) is 4. The van der Waals surface area contributed by atoms with E-state index < -0.39 is 0 Å². The van der Waals surface area contributed by atoms with Crippen molar-refractivity contribution < 1.29 is 28.5 Å². The van der Waals surface area contributed by atoms with Crippen LogP contribution in [-0.4, -0.2) is 51.6 Å². The van der Waals surface area contributed by atoms with Gasteiger partial charge in [-0.3, -0.25) is 9.59 Å². The molecule has 0 aromatic heterocycles. The van der Waals surface area contributed by atoms with Crippen LogP contribution in [0, 0.1) is 0 Å². The van der Waals surface area contributed by atoms with Crippen molar-refractivity contribution >= 4 is 11.9 Å². The zero-order valence-corrected chi connectivity index (χ0v) is 18.2. The third kappa shape index (κ3) is 21.2. The van der Waals surface area contributed by atoms with Crippen LogP contribution >= 0.6 is 0 Å². The number of rotatable bonds is 21. The summed E-state index contributed by atoms with van der Waals surface area (Å²) in [5.41, 5.74) is 0. The normalized spacial score (nSPS) is 10.8. The summed E-state index contributed by atoms with van der Waals surface area (Å²) in [7, 11) is 0. The Morgan fingerprint density at radius 2 is 0.857 bits per heavy atom. The molecular formula is C22H42O6. The van der Waals surface area contributed by atoms with Gasteiger partial charge in [-0.25, -0.2) is 0 Å². The van der Waals surface area contributed by atoms with Gasteiger partial charge in [0.05, 0.1) is 26.4 Å². The molecule has 0 aliphatic heterocycles. The quantitative estimate of drug-likeness (QED) is 0.202. The van der Waals surface area contributed by atoms with Crippen LogP contribution in [0.4, 0.5) is 0 Å². The van der Waals surface area contributed by atoms with Crippen LogP contribution in [0.1, 0.15) is 90.9 Å². The second kappa shape index (κ2) is 22.2. The largest absolute Gasteiger partial charge is 0.463 e. The Morgan fingerprint density at radius 3 is 1.25 bits per heavy atom.